The third-order valence-corrected chi connectivity index (χ3v) is 12.9. The first-order chi connectivity index (χ1) is 15.1. The monoisotopic (exact) mass is 454 g/mol. The van der Waals surface area contributed by atoms with Crippen LogP contribution in [0.1, 0.15) is 13.8 Å². The summed E-state index contributed by atoms with van der Waals surface area (Å²) < 4.78 is 0. The molecule has 0 aromatic heterocycles. The molecule has 1 N–H and O–H groups in total. The fraction of sp³-hybridized carbons (Fsp3) is 0.269. The minimum absolute atomic E-state index is 0.121. The zero-order valence-corrected chi connectivity index (χ0v) is 20.0. The number of nitrogens with zero attached hydrogens (tertiary/aromatic N) is 1. The van der Waals surface area contributed by atoms with E-state index in [1.54, 1.807) is 0 Å². The fourth-order valence-electron chi connectivity index (χ4n) is 4.21. The number of nitrogens with one attached hydrogen (secondary N) is 1. The first kappa shape index (κ1) is 23.5. The van der Waals surface area contributed by atoms with Gasteiger partial charge in [-0.2, -0.15) is 0 Å². The van der Waals surface area contributed by atoms with Gasteiger partial charge in [-0.05, 0) is 0 Å². The Hall–Kier alpha value is -2.19. The summed E-state index contributed by atoms with van der Waals surface area (Å²) in [4.78, 5) is 15.5. The summed E-state index contributed by atoms with van der Waals surface area (Å²) in [7, 11) is 0. The minimum atomic E-state index is -3.53. The Labute approximate surface area is 191 Å². The Morgan fingerprint density at radius 3 is 1.48 bits per heavy atom. The third kappa shape index (κ3) is 4.55. The van der Waals surface area contributed by atoms with Crippen LogP contribution >= 0.6 is 17.2 Å². The molecule has 5 heteroatoms. The van der Waals surface area contributed by atoms with Crippen molar-refractivity contribution in [1.29, 1.82) is 0 Å². The van der Waals surface area contributed by atoms with Gasteiger partial charge in [-0.1, -0.05) is 13.8 Å². The SMILES string of the molecule is CC.O=C(CP(Cl)(c1ccccc1)(c1ccccc1)c1ccccc1)N1CCNCC1. The first-order valence-corrected chi connectivity index (χ1v) is 14.3. The zero-order valence-electron chi connectivity index (χ0n) is 18.4. The number of hydrogen-bond donors (Lipinski definition) is 1. The molecule has 31 heavy (non-hydrogen) atoms. The van der Waals surface area contributed by atoms with Gasteiger partial charge >= 0.3 is 177 Å². The Bertz CT molecular complexity index is 861. The number of carbonyl (C=O) groups excluding carboxylic acids is 1. The molecule has 0 aliphatic carbocycles. The number of piperazine rings is 1. The normalized spacial score (nSPS) is 15.2. The second-order valence-corrected chi connectivity index (χ2v) is 13.9. The second kappa shape index (κ2) is 10.4. The molecule has 0 bridgehead atoms. The molecule has 1 fully saturated rings. The second-order valence-electron chi connectivity index (χ2n) is 7.48. The van der Waals surface area contributed by atoms with Crippen molar-refractivity contribution < 1.29 is 4.79 Å². The number of amides is 1. The summed E-state index contributed by atoms with van der Waals surface area (Å²) in [5.74, 6) is -3.41. The van der Waals surface area contributed by atoms with Crippen molar-refractivity contribution >= 4 is 39.0 Å². The van der Waals surface area contributed by atoms with E-state index in [2.05, 4.69) is 41.7 Å². The van der Waals surface area contributed by atoms with Crippen LogP contribution in [0.3, 0.4) is 0 Å². The Morgan fingerprint density at radius 2 is 1.13 bits per heavy atom. The molecule has 3 nitrogen and oxygen atoms in total. The summed E-state index contributed by atoms with van der Waals surface area (Å²) in [6.07, 6.45) is 0.283. The topological polar surface area (TPSA) is 32.3 Å². The van der Waals surface area contributed by atoms with E-state index in [9.17, 15) is 4.79 Å². The van der Waals surface area contributed by atoms with Gasteiger partial charge < -0.3 is 0 Å². The van der Waals surface area contributed by atoms with Crippen molar-refractivity contribution in [3.05, 3.63) is 91.0 Å². The average Bonchev–Trinajstić information content (AvgIpc) is 2.87. The molecule has 1 aliphatic rings. The van der Waals surface area contributed by atoms with Gasteiger partial charge in [0, 0.05) is 0 Å². The van der Waals surface area contributed by atoms with Crippen LogP contribution in [-0.2, 0) is 4.79 Å². The van der Waals surface area contributed by atoms with E-state index in [0.717, 1.165) is 42.1 Å². The van der Waals surface area contributed by atoms with Crippen LogP contribution in [0.15, 0.2) is 91.0 Å². The molecule has 164 valence electrons. The fourth-order valence-corrected chi connectivity index (χ4v) is 10.1. The Morgan fingerprint density at radius 1 is 0.774 bits per heavy atom. The number of halogens is 1. The van der Waals surface area contributed by atoms with E-state index in [-0.39, 0.29) is 12.1 Å². The van der Waals surface area contributed by atoms with Crippen LogP contribution in [0.5, 0.6) is 0 Å². The van der Waals surface area contributed by atoms with Crippen molar-refractivity contribution in [1.82, 2.24) is 10.2 Å². The van der Waals surface area contributed by atoms with Gasteiger partial charge in [0.25, 0.3) is 0 Å². The molecular formula is C26H32ClN2OP. The predicted molar refractivity (Wildman–Crippen MR) is 137 cm³/mol. The van der Waals surface area contributed by atoms with Crippen LogP contribution in [0.25, 0.3) is 0 Å². The van der Waals surface area contributed by atoms with E-state index in [0.29, 0.717) is 0 Å². The maximum atomic E-state index is 13.6. The Balaban J connectivity index is 0.00000132. The molecule has 0 atom stereocenters. The average molecular weight is 455 g/mol. The molecule has 0 unspecified atom stereocenters. The number of hydrogen-bond acceptors (Lipinski definition) is 2. The van der Waals surface area contributed by atoms with Gasteiger partial charge in [0.2, 0.25) is 0 Å². The Kier molecular flexibility index (Phi) is 7.89. The number of rotatable bonds is 5. The van der Waals surface area contributed by atoms with Gasteiger partial charge in [0.1, 0.15) is 0 Å². The van der Waals surface area contributed by atoms with Crippen molar-refractivity contribution in [3.8, 4) is 0 Å². The maximum absolute atomic E-state index is 13.6. The molecular weight excluding hydrogens is 423 g/mol. The molecule has 0 saturated carbocycles. The van der Waals surface area contributed by atoms with Crippen molar-refractivity contribution in [2.75, 3.05) is 32.3 Å². The van der Waals surface area contributed by atoms with E-state index >= 15 is 0 Å². The molecule has 1 heterocycles. The van der Waals surface area contributed by atoms with Crippen molar-refractivity contribution in [2.24, 2.45) is 0 Å². The first-order valence-electron chi connectivity index (χ1n) is 11.0. The van der Waals surface area contributed by atoms with E-state index < -0.39 is 5.96 Å². The van der Waals surface area contributed by atoms with Gasteiger partial charge in [-0.15, -0.1) is 0 Å². The molecule has 0 radical (unpaired) electrons. The summed E-state index contributed by atoms with van der Waals surface area (Å²) in [5.41, 5.74) is 0. The molecule has 1 saturated heterocycles. The van der Waals surface area contributed by atoms with Gasteiger partial charge in [0.15, 0.2) is 0 Å². The van der Waals surface area contributed by atoms with Gasteiger partial charge in [-0.25, -0.2) is 0 Å². The summed E-state index contributed by atoms with van der Waals surface area (Å²) in [6, 6.07) is 30.5. The van der Waals surface area contributed by atoms with Gasteiger partial charge in [0.05, 0.1) is 0 Å². The molecule has 3 aromatic carbocycles. The predicted octanol–water partition coefficient (Wildman–Crippen LogP) is 4.13. The molecule has 4 rings (SSSR count). The molecule has 3 aromatic rings. The summed E-state index contributed by atoms with van der Waals surface area (Å²) >= 11 is 7.96. The third-order valence-electron chi connectivity index (χ3n) is 5.79. The molecule has 0 spiro atoms. The molecule has 1 aliphatic heterocycles. The summed E-state index contributed by atoms with van der Waals surface area (Å²) in [5, 5.41) is 6.41. The quantitative estimate of drug-likeness (QED) is 0.588. The number of carbonyl (C=O) groups is 1. The van der Waals surface area contributed by atoms with Crippen LogP contribution in [0.4, 0.5) is 0 Å². The van der Waals surface area contributed by atoms with Crippen LogP contribution in [-0.4, -0.2) is 43.1 Å². The van der Waals surface area contributed by atoms with Crippen molar-refractivity contribution in [3.63, 3.8) is 0 Å². The van der Waals surface area contributed by atoms with Gasteiger partial charge in [-0.3, -0.25) is 0 Å². The molecule has 1 amide bonds. The zero-order chi connectivity index (χ0) is 22.2. The van der Waals surface area contributed by atoms with Crippen LogP contribution in [0.2, 0.25) is 0 Å². The number of benzene rings is 3. The van der Waals surface area contributed by atoms with Crippen LogP contribution < -0.4 is 21.2 Å². The van der Waals surface area contributed by atoms with E-state index in [1.807, 2.05) is 73.3 Å². The van der Waals surface area contributed by atoms with Crippen LogP contribution in [0, 0.1) is 0 Å². The van der Waals surface area contributed by atoms with E-state index in [4.69, 9.17) is 11.2 Å². The summed E-state index contributed by atoms with van der Waals surface area (Å²) in [6.45, 7) is 7.10. The standard InChI is InChI=1S/C24H26ClN2OP.C2H6/c25-29(21-10-4-1-5-11-21,22-12-6-2-7-13-22,23-14-8-3-9-15-23)20-24(28)27-18-16-26-17-19-27;1-2/h1-15,26H,16-20H2;1-2H3. The van der Waals surface area contributed by atoms with Crippen molar-refractivity contribution in [2.45, 2.75) is 13.8 Å². The van der Waals surface area contributed by atoms with E-state index in [1.165, 1.54) is 0 Å².